The fourth-order valence-corrected chi connectivity index (χ4v) is 2.81. The van der Waals surface area contributed by atoms with E-state index in [9.17, 15) is 9.90 Å². The van der Waals surface area contributed by atoms with E-state index in [4.69, 9.17) is 9.47 Å². The maximum atomic E-state index is 12.4. The van der Waals surface area contributed by atoms with Crippen molar-refractivity contribution >= 4 is 11.7 Å². The normalized spacial score (nSPS) is 18.7. The minimum Gasteiger partial charge on any atom is -0.491 e. The van der Waals surface area contributed by atoms with Gasteiger partial charge < -0.3 is 24.8 Å². The molecule has 23 heavy (non-hydrogen) atoms. The molecule has 1 heterocycles. The van der Waals surface area contributed by atoms with Gasteiger partial charge in [0.15, 0.2) is 0 Å². The lowest BCUT2D eigenvalue weighted by molar-refractivity contribution is 0.142. The Kier molecular flexibility index (Phi) is 6.67. The van der Waals surface area contributed by atoms with E-state index in [0.29, 0.717) is 19.6 Å². The van der Waals surface area contributed by atoms with Gasteiger partial charge in [-0.15, -0.1) is 0 Å². The molecule has 2 rings (SSSR count). The number of rotatable bonds is 7. The van der Waals surface area contributed by atoms with Gasteiger partial charge in [-0.05, 0) is 50.5 Å². The summed E-state index contributed by atoms with van der Waals surface area (Å²) in [7, 11) is 1.63. The van der Waals surface area contributed by atoms with E-state index in [0.717, 1.165) is 30.8 Å². The highest BCUT2D eigenvalue weighted by atomic mass is 16.5. The molecule has 0 aromatic heterocycles. The second-order valence-corrected chi connectivity index (χ2v) is 5.87. The van der Waals surface area contributed by atoms with Gasteiger partial charge in [-0.25, -0.2) is 4.79 Å². The van der Waals surface area contributed by atoms with E-state index < -0.39 is 6.10 Å². The smallest absolute Gasteiger partial charge is 0.322 e. The Morgan fingerprint density at radius 1 is 1.39 bits per heavy atom. The van der Waals surface area contributed by atoms with Gasteiger partial charge in [0.1, 0.15) is 12.4 Å². The maximum absolute atomic E-state index is 12.4. The second kappa shape index (κ2) is 8.74. The van der Waals surface area contributed by atoms with Crippen LogP contribution in [-0.2, 0) is 4.74 Å². The number of nitrogens with one attached hydrogen (secondary N) is 1. The molecule has 2 atom stereocenters. The Morgan fingerprint density at radius 2 is 2.13 bits per heavy atom. The molecule has 1 saturated heterocycles. The number of hydrogen-bond acceptors (Lipinski definition) is 4. The van der Waals surface area contributed by atoms with Crippen LogP contribution >= 0.6 is 0 Å². The van der Waals surface area contributed by atoms with Crippen molar-refractivity contribution < 1.29 is 19.4 Å². The van der Waals surface area contributed by atoms with Gasteiger partial charge in [0.25, 0.3) is 0 Å². The van der Waals surface area contributed by atoms with Crippen molar-refractivity contribution in [2.75, 3.05) is 32.2 Å². The quantitative estimate of drug-likeness (QED) is 0.757. The molecule has 0 unspecified atom stereocenters. The van der Waals surface area contributed by atoms with Gasteiger partial charge in [-0.3, -0.25) is 0 Å². The van der Waals surface area contributed by atoms with Crippen LogP contribution in [0.15, 0.2) is 24.3 Å². The van der Waals surface area contributed by atoms with E-state index in [-0.39, 0.29) is 12.1 Å². The van der Waals surface area contributed by atoms with Crippen LogP contribution in [-0.4, -0.2) is 55.1 Å². The molecule has 0 radical (unpaired) electrons. The molecule has 6 nitrogen and oxygen atoms in total. The third kappa shape index (κ3) is 5.41. The molecule has 0 saturated carbocycles. The van der Waals surface area contributed by atoms with Crippen LogP contribution in [0.3, 0.4) is 0 Å². The Hall–Kier alpha value is -1.79. The summed E-state index contributed by atoms with van der Waals surface area (Å²) in [4.78, 5) is 14.2. The second-order valence-electron chi connectivity index (χ2n) is 5.87. The molecule has 2 N–H and O–H groups in total. The van der Waals surface area contributed by atoms with Gasteiger partial charge in [0.05, 0.1) is 12.7 Å². The van der Waals surface area contributed by atoms with Gasteiger partial charge in [0.2, 0.25) is 0 Å². The third-order valence-corrected chi connectivity index (χ3v) is 3.91. The van der Waals surface area contributed by atoms with Crippen LogP contribution in [0.25, 0.3) is 0 Å². The summed E-state index contributed by atoms with van der Waals surface area (Å²) in [6.07, 6.45) is 2.17. The number of aliphatic hydroxyl groups is 1. The lowest BCUT2D eigenvalue weighted by atomic mass is 10.1. The summed E-state index contributed by atoms with van der Waals surface area (Å²) < 4.78 is 10.4. The molecule has 1 aromatic carbocycles. The zero-order chi connectivity index (χ0) is 16.7. The molecular weight excluding hydrogens is 296 g/mol. The van der Waals surface area contributed by atoms with Gasteiger partial charge in [0, 0.05) is 25.4 Å². The number of carbonyl (C=O) groups excluding carboxylic acids is 1. The van der Waals surface area contributed by atoms with Crippen molar-refractivity contribution in [3.8, 4) is 5.75 Å². The van der Waals surface area contributed by atoms with E-state index in [2.05, 4.69) is 5.32 Å². The molecule has 128 valence electrons. The average Bonchev–Trinajstić information content (AvgIpc) is 2.96. The van der Waals surface area contributed by atoms with Crippen molar-refractivity contribution in [3.63, 3.8) is 0 Å². The van der Waals surface area contributed by atoms with Crippen molar-refractivity contribution in [1.29, 1.82) is 0 Å². The van der Waals surface area contributed by atoms with E-state index in [1.807, 2.05) is 29.2 Å². The molecule has 0 bridgehead atoms. The first-order valence-electron chi connectivity index (χ1n) is 8.07. The Balaban J connectivity index is 1.87. The summed E-state index contributed by atoms with van der Waals surface area (Å²) in [5.41, 5.74) is 0.733. The summed E-state index contributed by atoms with van der Waals surface area (Å²) in [5, 5.41) is 12.4. The number of methoxy groups -OCH3 is 1. The zero-order valence-electron chi connectivity index (χ0n) is 13.8. The Labute approximate surface area is 137 Å². The maximum Gasteiger partial charge on any atom is 0.322 e. The molecule has 1 aliphatic rings. The highest BCUT2D eigenvalue weighted by Crippen LogP contribution is 2.23. The van der Waals surface area contributed by atoms with Crippen LogP contribution in [0.1, 0.15) is 26.2 Å². The van der Waals surface area contributed by atoms with Crippen molar-refractivity contribution in [2.24, 2.45) is 0 Å². The summed E-state index contributed by atoms with van der Waals surface area (Å²) in [6, 6.07) is 7.29. The van der Waals surface area contributed by atoms with Crippen molar-refractivity contribution in [2.45, 2.75) is 38.3 Å². The molecule has 1 aliphatic heterocycles. The largest absolute Gasteiger partial charge is 0.491 e. The Morgan fingerprint density at radius 3 is 2.78 bits per heavy atom. The number of benzene rings is 1. The fraction of sp³-hybridized carbons (Fsp3) is 0.588. The Bertz CT molecular complexity index is 490. The monoisotopic (exact) mass is 322 g/mol. The highest BCUT2D eigenvalue weighted by Gasteiger charge is 2.29. The lowest BCUT2D eigenvalue weighted by Gasteiger charge is -2.26. The first-order valence-corrected chi connectivity index (χ1v) is 8.07. The number of nitrogens with zero attached hydrogens (tertiary/aromatic N) is 1. The number of urea groups is 1. The van der Waals surface area contributed by atoms with E-state index in [1.165, 1.54) is 0 Å². The minimum absolute atomic E-state index is 0.110. The SMILES string of the molecule is COCCOc1ccc(NC(=O)N2CCC[C@H]2C[C@H](C)O)cc1. The predicted molar refractivity (Wildman–Crippen MR) is 88.9 cm³/mol. The number of amides is 2. The number of carbonyl (C=O) groups is 1. The lowest BCUT2D eigenvalue weighted by Crippen LogP contribution is -2.40. The molecule has 1 aromatic rings. The third-order valence-electron chi connectivity index (χ3n) is 3.91. The number of anilines is 1. The van der Waals surface area contributed by atoms with Crippen LogP contribution in [0, 0.1) is 0 Å². The van der Waals surface area contributed by atoms with Crippen molar-refractivity contribution in [1.82, 2.24) is 4.90 Å². The minimum atomic E-state index is -0.392. The van der Waals surface area contributed by atoms with Gasteiger partial charge >= 0.3 is 6.03 Å². The van der Waals surface area contributed by atoms with E-state index >= 15 is 0 Å². The van der Waals surface area contributed by atoms with Crippen LogP contribution < -0.4 is 10.1 Å². The molecule has 0 aliphatic carbocycles. The first-order chi connectivity index (χ1) is 11.1. The number of aliphatic hydroxyl groups excluding tert-OH is 1. The van der Waals surface area contributed by atoms with Gasteiger partial charge in [-0.1, -0.05) is 0 Å². The zero-order valence-corrected chi connectivity index (χ0v) is 13.8. The average molecular weight is 322 g/mol. The van der Waals surface area contributed by atoms with Crippen molar-refractivity contribution in [3.05, 3.63) is 24.3 Å². The molecular formula is C17H26N2O4. The highest BCUT2D eigenvalue weighted by molar-refractivity contribution is 5.89. The molecule has 0 spiro atoms. The molecule has 2 amide bonds. The number of likely N-dealkylation sites (tertiary alicyclic amines) is 1. The number of hydrogen-bond donors (Lipinski definition) is 2. The molecule has 1 fully saturated rings. The fourth-order valence-electron chi connectivity index (χ4n) is 2.81. The van der Waals surface area contributed by atoms with E-state index in [1.54, 1.807) is 14.0 Å². The van der Waals surface area contributed by atoms with Crippen LogP contribution in [0.5, 0.6) is 5.75 Å². The topological polar surface area (TPSA) is 71.0 Å². The van der Waals surface area contributed by atoms with Crippen LogP contribution in [0.2, 0.25) is 0 Å². The predicted octanol–water partition coefficient (Wildman–Crippen LogP) is 2.48. The summed E-state index contributed by atoms with van der Waals surface area (Å²) >= 11 is 0. The molecule has 6 heteroatoms. The summed E-state index contributed by atoms with van der Waals surface area (Å²) in [6.45, 7) is 3.53. The first kappa shape index (κ1) is 17.6. The standard InChI is InChI=1S/C17H26N2O4/c1-13(20)12-15-4-3-9-19(15)17(21)18-14-5-7-16(8-6-14)23-11-10-22-2/h5-8,13,15,20H,3-4,9-12H2,1-2H3,(H,18,21)/t13-,15-/m0/s1. The summed E-state index contributed by atoms with van der Waals surface area (Å²) in [5.74, 6) is 0.744. The van der Waals surface area contributed by atoms with Gasteiger partial charge in [-0.2, -0.15) is 0 Å². The van der Waals surface area contributed by atoms with Crippen LogP contribution in [0.4, 0.5) is 10.5 Å². The number of ether oxygens (including phenoxy) is 2.